The highest BCUT2D eigenvalue weighted by Gasteiger charge is 2.16. The number of carbonyl (C=O) groups is 1. The van der Waals surface area contributed by atoms with Crippen LogP contribution in [0, 0.1) is 13.8 Å². The largest absolute Gasteiger partial charge is 0.483 e. The highest BCUT2D eigenvalue weighted by molar-refractivity contribution is 5.78. The lowest BCUT2D eigenvalue weighted by Crippen LogP contribution is -2.34. The lowest BCUT2D eigenvalue weighted by atomic mass is 10.1. The Morgan fingerprint density at radius 2 is 1.59 bits per heavy atom. The molecule has 1 aromatic carbocycles. The van der Waals surface area contributed by atoms with Crippen LogP contribution >= 0.6 is 0 Å². The van der Waals surface area contributed by atoms with E-state index in [1.165, 1.54) is 0 Å². The molecule has 0 unspecified atom stereocenters. The van der Waals surface area contributed by atoms with Gasteiger partial charge in [0.2, 0.25) is 0 Å². The third kappa shape index (κ3) is 5.14. The van der Waals surface area contributed by atoms with Crippen molar-refractivity contribution in [3.63, 3.8) is 0 Å². The molecule has 5 heteroatoms. The first-order valence-corrected chi connectivity index (χ1v) is 8.88. The molecule has 27 heavy (non-hydrogen) atoms. The van der Waals surface area contributed by atoms with E-state index >= 15 is 0 Å². The molecule has 0 N–H and O–H groups in total. The summed E-state index contributed by atoms with van der Waals surface area (Å²) in [6.07, 6.45) is 6.96. The Hall–Kier alpha value is -3.21. The first-order valence-electron chi connectivity index (χ1n) is 8.88. The fourth-order valence-electron chi connectivity index (χ4n) is 2.90. The zero-order valence-corrected chi connectivity index (χ0v) is 15.6. The molecule has 0 saturated heterocycles. The molecule has 0 aliphatic heterocycles. The number of aromatic nitrogens is 2. The smallest absolute Gasteiger partial charge is 0.261 e. The van der Waals surface area contributed by atoms with Gasteiger partial charge in [-0.3, -0.25) is 14.8 Å². The molecule has 3 aromatic rings. The molecule has 0 radical (unpaired) electrons. The van der Waals surface area contributed by atoms with Crippen molar-refractivity contribution >= 4 is 5.91 Å². The lowest BCUT2D eigenvalue weighted by molar-refractivity contribution is -0.134. The van der Waals surface area contributed by atoms with Crippen LogP contribution in [0.3, 0.4) is 0 Å². The van der Waals surface area contributed by atoms with Crippen molar-refractivity contribution in [1.29, 1.82) is 0 Å². The van der Waals surface area contributed by atoms with Crippen molar-refractivity contribution in [2.45, 2.75) is 26.9 Å². The van der Waals surface area contributed by atoms with Crippen LogP contribution in [-0.2, 0) is 17.9 Å². The van der Waals surface area contributed by atoms with Gasteiger partial charge in [-0.05, 0) is 54.3 Å². The van der Waals surface area contributed by atoms with Crippen LogP contribution in [0.2, 0.25) is 0 Å². The summed E-state index contributed by atoms with van der Waals surface area (Å²) in [6, 6.07) is 13.6. The van der Waals surface area contributed by atoms with Gasteiger partial charge in [0.1, 0.15) is 5.75 Å². The number of aryl methyl sites for hydroxylation is 2. The van der Waals surface area contributed by atoms with E-state index in [1.54, 1.807) is 29.7 Å². The standard InChI is InChI=1S/C22H23N3O2/c1-17-5-3-6-18(2)22(17)27-16-21(26)25(14-19-8-11-23-12-9-19)15-20-7-4-10-24-13-20/h3-13H,14-16H2,1-2H3. The average molecular weight is 361 g/mol. The fraction of sp³-hybridized carbons (Fsp3) is 0.227. The monoisotopic (exact) mass is 361 g/mol. The maximum Gasteiger partial charge on any atom is 0.261 e. The Labute approximate surface area is 159 Å². The van der Waals surface area contributed by atoms with E-state index < -0.39 is 0 Å². The van der Waals surface area contributed by atoms with E-state index in [0.29, 0.717) is 13.1 Å². The minimum atomic E-state index is -0.0710. The number of para-hydroxylation sites is 1. The molecule has 3 rings (SSSR count). The fourth-order valence-corrected chi connectivity index (χ4v) is 2.90. The van der Waals surface area contributed by atoms with Crippen molar-refractivity contribution in [3.05, 3.63) is 89.5 Å². The van der Waals surface area contributed by atoms with E-state index in [4.69, 9.17) is 4.74 Å². The molecular weight excluding hydrogens is 338 g/mol. The second kappa shape index (κ2) is 8.94. The molecule has 1 amide bonds. The Morgan fingerprint density at radius 1 is 0.889 bits per heavy atom. The first kappa shape index (κ1) is 18.6. The molecule has 0 fully saturated rings. The minimum absolute atomic E-state index is 0.00294. The minimum Gasteiger partial charge on any atom is -0.483 e. The normalized spacial score (nSPS) is 10.4. The summed E-state index contributed by atoms with van der Waals surface area (Å²) in [5, 5.41) is 0. The van der Waals surface area contributed by atoms with E-state index in [1.807, 2.05) is 56.3 Å². The summed E-state index contributed by atoms with van der Waals surface area (Å²) in [6.45, 7) is 4.93. The predicted octanol–water partition coefficient (Wildman–Crippen LogP) is 3.70. The van der Waals surface area contributed by atoms with Crippen molar-refractivity contribution in [2.24, 2.45) is 0 Å². The molecular formula is C22H23N3O2. The molecule has 0 bridgehead atoms. The summed E-state index contributed by atoms with van der Waals surface area (Å²) in [5.74, 6) is 0.703. The van der Waals surface area contributed by atoms with Crippen LogP contribution in [-0.4, -0.2) is 27.4 Å². The van der Waals surface area contributed by atoms with Gasteiger partial charge in [-0.25, -0.2) is 0 Å². The Kier molecular flexibility index (Phi) is 6.15. The van der Waals surface area contributed by atoms with Crippen molar-refractivity contribution in [2.75, 3.05) is 6.61 Å². The third-order valence-corrected chi connectivity index (χ3v) is 4.32. The number of hydrogen-bond donors (Lipinski definition) is 0. The van der Waals surface area contributed by atoms with E-state index in [0.717, 1.165) is 28.0 Å². The van der Waals surface area contributed by atoms with Crippen LogP contribution in [0.1, 0.15) is 22.3 Å². The van der Waals surface area contributed by atoms with Gasteiger partial charge >= 0.3 is 0 Å². The van der Waals surface area contributed by atoms with Crippen LogP contribution in [0.15, 0.2) is 67.3 Å². The maximum absolute atomic E-state index is 12.9. The molecule has 2 aromatic heterocycles. The van der Waals surface area contributed by atoms with E-state index in [2.05, 4.69) is 9.97 Å². The van der Waals surface area contributed by atoms with Crippen LogP contribution in [0.25, 0.3) is 0 Å². The van der Waals surface area contributed by atoms with Crippen molar-refractivity contribution in [3.8, 4) is 5.75 Å². The van der Waals surface area contributed by atoms with Crippen molar-refractivity contribution in [1.82, 2.24) is 14.9 Å². The van der Waals surface area contributed by atoms with Crippen molar-refractivity contribution < 1.29 is 9.53 Å². The second-order valence-corrected chi connectivity index (χ2v) is 6.48. The first-order chi connectivity index (χ1) is 13.1. The van der Waals surface area contributed by atoms with Gasteiger partial charge in [0, 0.05) is 37.9 Å². The SMILES string of the molecule is Cc1cccc(C)c1OCC(=O)N(Cc1ccncc1)Cc1cccnc1. The van der Waals surface area contributed by atoms with Gasteiger partial charge < -0.3 is 9.64 Å². The van der Waals surface area contributed by atoms with Crippen LogP contribution in [0.5, 0.6) is 5.75 Å². The van der Waals surface area contributed by atoms with Gasteiger partial charge in [-0.15, -0.1) is 0 Å². The molecule has 0 aliphatic rings. The van der Waals surface area contributed by atoms with Crippen LogP contribution < -0.4 is 4.74 Å². The van der Waals surface area contributed by atoms with Gasteiger partial charge in [0.25, 0.3) is 5.91 Å². The number of benzene rings is 1. The zero-order chi connectivity index (χ0) is 19.1. The predicted molar refractivity (Wildman–Crippen MR) is 104 cm³/mol. The van der Waals surface area contributed by atoms with Gasteiger partial charge in [0.15, 0.2) is 6.61 Å². The second-order valence-electron chi connectivity index (χ2n) is 6.48. The Morgan fingerprint density at radius 3 is 2.26 bits per heavy atom. The number of amides is 1. The molecule has 0 aliphatic carbocycles. The molecule has 0 saturated carbocycles. The number of pyridine rings is 2. The zero-order valence-electron chi connectivity index (χ0n) is 15.6. The molecule has 138 valence electrons. The summed E-state index contributed by atoms with van der Waals surface area (Å²) in [5.41, 5.74) is 4.05. The van der Waals surface area contributed by atoms with Gasteiger partial charge in [-0.2, -0.15) is 0 Å². The quantitative estimate of drug-likeness (QED) is 0.644. The van der Waals surface area contributed by atoms with Crippen LogP contribution in [0.4, 0.5) is 0 Å². The summed E-state index contributed by atoms with van der Waals surface area (Å²) in [7, 11) is 0. The number of hydrogen-bond acceptors (Lipinski definition) is 4. The number of rotatable bonds is 7. The summed E-state index contributed by atoms with van der Waals surface area (Å²) in [4.78, 5) is 22.9. The Bertz CT molecular complexity index is 821. The number of ether oxygens (including phenoxy) is 1. The van der Waals surface area contributed by atoms with E-state index in [9.17, 15) is 4.79 Å². The summed E-state index contributed by atoms with van der Waals surface area (Å²) >= 11 is 0. The molecule has 2 heterocycles. The lowest BCUT2D eigenvalue weighted by Gasteiger charge is -2.23. The maximum atomic E-state index is 12.9. The Balaban J connectivity index is 1.73. The van der Waals surface area contributed by atoms with Gasteiger partial charge in [0.05, 0.1) is 0 Å². The molecule has 0 atom stereocenters. The van der Waals surface area contributed by atoms with Gasteiger partial charge in [-0.1, -0.05) is 24.3 Å². The van der Waals surface area contributed by atoms with E-state index in [-0.39, 0.29) is 12.5 Å². The topological polar surface area (TPSA) is 55.3 Å². The molecule has 5 nitrogen and oxygen atoms in total. The third-order valence-electron chi connectivity index (χ3n) is 4.32. The average Bonchev–Trinajstić information content (AvgIpc) is 2.68. The highest BCUT2D eigenvalue weighted by atomic mass is 16.5. The molecule has 0 spiro atoms. The highest BCUT2D eigenvalue weighted by Crippen LogP contribution is 2.22. The number of carbonyl (C=O) groups excluding carboxylic acids is 1. The summed E-state index contributed by atoms with van der Waals surface area (Å²) < 4.78 is 5.87. The number of nitrogens with zero attached hydrogens (tertiary/aromatic N) is 3.